The van der Waals surface area contributed by atoms with E-state index in [1.54, 1.807) is 11.8 Å². The number of allylic oxidation sites excluding steroid dienone is 1. The van der Waals surface area contributed by atoms with E-state index in [9.17, 15) is 9.59 Å². The fourth-order valence-electron chi connectivity index (χ4n) is 4.69. The Morgan fingerprint density at radius 2 is 1.94 bits per heavy atom. The van der Waals surface area contributed by atoms with Gasteiger partial charge < -0.3 is 19.5 Å². The summed E-state index contributed by atoms with van der Waals surface area (Å²) in [5, 5.41) is 4.10. The van der Waals surface area contributed by atoms with Crippen molar-refractivity contribution in [3.05, 3.63) is 76.1 Å². The third-order valence-corrected chi connectivity index (χ3v) is 7.00. The lowest BCUT2D eigenvalue weighted by Gasteiger charge is -2.24. The molecule has 0 saturated heterocycles. The first-order chi connectivity index (χ1) is 15.8. The minimum Gasteiger partial charge on any atom is -0.416 e. The normalized spacial score (nSPS) is 16.5. The number of hydrogen-bond donors (Lipinski definition) is 1. The van der Waals surface area contributed by atoms with Crippen LogP contribution in [0.5, 0.6) is 0 Å². The Kier molecular flexibility index (Phi) is 5.32. The van der Waals surface area contributed by atoms with Crippen molar-refractivity contribution in [2.24, 2.45) is 0 Å². The lowest BCUT2D eigenvalue weighted by Crippen LogP contribution is -2.38. The van der Waals surface area contributed by atoms with Crippen LogP contribution in [0.4, 0.5) is 4.79 Å². The smallest absolute Gasteiger partial charge is 0.412 e. The van der Waals surface area contributed by atoms with Gasteiger partial charge in [0, 0.05) is 34.7 Å². The molecule has 3 aromatic rings. The predicted molar refractivity (Wildman–Crippen MR) is 132 cm³/mol. The van der Waals surface area contributed by atoms with E-state index in [4.69, 9.17) is 4.74 Å². The predicted octanol–water partition coefficient (Wildman–Crippen LogP) is 5.36. The molecule has 1 N–H and O–H groups in total. The van der Waals surface area contributed by atoms with Crippen LogP contribution in [0.2, 0.25) is 0 Å². The fourth-order valence-corrected chi connectivity index (χ4v) is 5.05. The fraction of sp³-hybridized carbons (Fsp3) is 0.308. The van der Waals surface area contributed by atoms with Crippen molar-refractivity contribution in [2.45, 2.75) is 38.1 Å². The van der Waals surface area contributed by atoms with E-state index in [0.717, 1.165) is 70.1 Å². The van der Waals surface area contributed by atoms with Crippen LogP contribution in [0.25, 0.3) is 16.6 Å². The Labute approximate surface area is 201 Å². The molecule has 0 bridgehead atoms. The number of rotatable bonds is 5. The Balaban J connectivity index is 1.47. The summed E-state index contributed by atoms with van der Waals surface area (Å²) in [6.07, 6.45) is 2.97. The first-order valence-corrected chi connectivity index (χ1v) is 11.9. The second-order valence-electron chi connectivity index (χ2n) is 9.14. The SMILES string of the molecule is C=C(C)OC(=O)NC1(Cc2ccc(-n3c4c(c5cc(Br)ccc53)CCN(C)C4=O)cc2)CC1. The van der Waals surface area contributed by atoms with Crippen molar-refractivity contribution < 1.29 is 14.3 Å². The van der Waals surface area contributed by atoms with E-state index in [1.165, 1.54) is 0 Å². The van der Waals surface area contributed by atoms with Gasteiger partial charge in [0.1, 0.15) is 5.69 Å². The van der Waals surface area contributed by atoms with E-state index in [-0.39, 0.29) is 11.4 Å². The maximum absolute atomic E-state index is 13.1. The molecule has 5 rings (SSSR count). The molecule has 6 nitrogen and oxygen atoms in total. The Morgan fingerprint density at radius 3 is 2.61 bits per heavy atom. The molecule has 2 heterocycles. The number of alkyl carbamates (subject to hydrolysis) is 1. The van der Waals surface area contributed by atoms with Crippen LogP contribution in [0.3, 0.4) is 0 Å². The summed E-state index contributed by atoms with van der Waals surface area (Å²) in [6.45, 7) is 5.99. The standard InChI is InChI=1S/C26H26BrN3O3/c1-16(2)33-25(32)28-26(11-12-26)15-17-4-7-19(8-5-17)30-22-9-6-18(27)14-21(22)20-10-13-29(3)24(31)23(20)30/h4-9,14H,1,10-13,15H2,2-3H3,(H,28,32). The van der Waals surface area contributed by atoms with Crippen molar-refractivity contribution in [2.75, 3.05) is 13.6 Å². The van der Waals surface area contributed by atoms with Gasteiger partial charge in [0.05, 0.1) is 11.3 Å². The Hall–Kier alpha value is -3.06. The molecule has 0 unspecified atom stereocenters. The highest BCUT2D eigenvalue weighted by Crippen LogP contribution is 2.39. The van der Waals surface area contributed by atoms with Gasteiger partial charge in [0.15, 0.2) is 0 Å². The summed E-state index contributed by atoms with van der Waals surface area (Å²) in [4.78, 5) is 26.9. The quantitative estimate of drug-likeness (QED) is 0.473. The summed E-state index contributed by atoms with van der Waals surface area (Å²) < 4.78 is 8.15. The molecular formula is C26H26BrN3O3. The molecular weight excluding hydrogens is 482 g/mol. The van der Waals surface area contributed by atoms with Crippen LogP contribution in [-0.2, 0) is 17.6 Å². The number of carbonyl (C=O) groups excluding carboxylic acids is 2. The number of fused-ring (bicyclic) bond motifs is 3. The molecule has 7 heteroatoms. The Bertz CT molecular complexity index is 1290. The molecule has 1 aliphatic heterocycles. The first kappa shape index (κ1) is 21.8. The average Bonchev–Trinajstić information content (AvgIpc) is 3.42. The van der Waals surface area contributed by atoms with Crippen LogP contribution in [0.15, 0.2) is 59.3 Å². The van der Waals surface area contributed by atoms with Crippen LogP contribution in [0, 0.1) is 0 Å². The van der Waals surface area contributed by atoms with Gasteiger partial charge in [0.25, 0.3) is 5.91 Å². The van der Waals surface area contributed by atoms with E-state index >= 15 is 0 Å². The van der Waals surface area contributed by atoms with Crippen molar-refractivity contribution in [1.82, 2.24) is 14.8 Å². The minimum atomic E-state index is -0.448. The first-order valence-electron chi connectivity index (χ1n) is 11.1. The summed E-state index contributed by atoms with van der Waals surface area (Å²) in [6, 6.07) is 14.5. The zero-order valence-electron chi connectivity index (χ0n) is 18.8. The number of carbonyl (C=O) groups is 2. The number of hydrogen-bond acceptors (Lipinski definition) is 3. The van der Waals surface area contributed by atoms with Gasteiger partial charge in [-0.05, 0) is 74.1 Å². The zero-order valence-corrected chi connectivity index (χ0v) is 20.4. The lowest BCUT2D eigenvalue weighted by molar-refractivity contribution is 0.0773. The van der Waals surface area contributed by atoms with Crippen molar-refractivity contribution in [3.8, 4) is 5.69 Å². The van der Waals surface area contributed by atoms with Crippen molar-refractivity contribution in [1.29, 1.82) is 0 Å². The summed E-state index contributed by atoms with van der Waals surface area (Å²) >= 11 is 3.58. The van der Waals surface area contributed by atoms with Crippen LogP contribution in [-0.4, -0.2) is 40.6 Å². The van der Waals surface area contributed by atoms with Gasteiger partial charge in [0.2, 0.25) is 0 Å². The number of ether oxygens (including phenoxy) is 1. The van der Waals surface area contributed by atoms with E-state index in [1.807, 2.05) is 13.1 Å². The van der Waals surface area contributed by atoms with E-state index < -0.39 is 6.09 Å². The molecule has 0 atom stereocenters. The average molecular weight is 508 g/mol. The minimum absolute atomic E-state index is 0.0461. The topological polar surface area (TPSA) is 63.6 Å². The van der Waals surface area contributed by atoms with Gasteiger partial charge in [-0.2, -0.15) is 0 Å². The second-order valence-corrected chi connectivity index (χ2v) is 10.1. The van der Waals surface area contributed by atoms with Gasteiger partial charge in [-0.25, -0.2) is 4.79 Å². The molecule has 1 fully saturated rings. The zero-order chi connectivity index (χ0) is 23.3. The number of benzene rings is 2. The molecule has 2 amide bonds. The highest BCUT2D eigenvalue weighted by atomic mass is 79.9. The third kappa shape index (κ3) is 4.06. The van der Waals surface area contributed by atoms with Gasteiger partial charge in [-0.3, -0.25) is 4.79 Å². The van der Waals surface area contributed by atoms with Gasteiger partial charge in [-0.15, -0.1) is 0 Å². The number of nitrogens with zero attached hydrogens (tertiary/aromatic N) is 2. The molecule has 1 aromatic heterocycles. The molecule has 170 valence electrons. The molecule has 0 spiro atoms. The van der Waals surface area contributed by atoms with Crippen molar-refractivity contribution >= 4 is 38.8 Å². The summed E-state index contributed by atoms with van der Waals surface area (Å²) in [7, 11) is 1.85. The monoisotopic (exact) mass is 507 g/mol. The maximum atomic E-state index is 13.1. The lowest BCUT2D eigenvalue weighted by atomic mass is 10.0. The second kappa shape index (κ2) is 8.06. The van der Waals surface area contributed by atoms with Gasteiger partial charge in [-0.1, -0.05) is 34.6 Å². The highest BCUT2D eigenvalue weighted by Gasteiger charge is 2.44. The van der Waals surface area contributed by atoms with Gasteiger partial charge >= 0.3 is 6.09 Å². The van der Waals surface area contributed by atoms with Crippen LogP contribution in [0.1, 0.15) is 41.4 Å². The highest BCUT2D eigenvalue weighted by molar-refractivity contribution is 9.10. The number of aromatic nitrogens is 1. The largest absolute Gasteiger partial charge is 0.416 e. The molecule has 0 radical (unpaired) electrons. The Morgan fingerprint density at radius 1 is 1.21 bits per heavy atom. The molecule has 33 heavy (non-hydrogen) atoms. The number of likely N-dealkylation sites (N-methyl/N-ethyl adjacent to an activating group) is 1. The maximum Gasteiger partial charge on any atom is 0.412 e. The van der Waals surface area contributed by atoms with Crippen LogP contribution >= 0.6 is 15.9 Å². The number of nitrogens with one attached hydrogen (secondary N) is 1. The van der Waals surface area contributed by atoms with E-state index in [0.29, 0.717) is 5.76 Å². The molecule has 1 saturated carbocycles. The molecule has 2 aliphatic rings. The van der Waals surface area contributed by atoms with Crippen molar-refractivity contribution in [3.63, 3.8) is 0 Å². The number of amides is 2. The van der Waals surface area contributed by atoms with Crippen LogP contribution < -0.4 is 5.32 Å². The molecule has 2 aromatic carbocycles. The summed E-state index contributed by atoms with van der Waals surface area (Å²) in [5.41, 5.74) is 4.71. The number of halogens is 1. The molecule has 1 aliphatic carbocycles. The summed E-state index contributed by atoms with van der Waals surface area (Å²) in [5.74, 6) is 0.423. The van der Waals surface area contributed by atoms with E-state index in [2.05, 4.69) is 68.8 Å². The third-order valence-electron chi connectivity index (χ3n) is 6.51.